The number of furan rings is 1. The number of hydrogen-bond acceptors (Lipinski definition) is 7. The highest BCUT2D eigenvalue weighted by atomic mass is 32.2. The SMILES string of the molecule is Cc1ccc(C(C)(O)CNc2ccc(S(N)(=O)=O)cc2[N+](=O)[O-])o1. The van der Waals surface area contributed by atoms with Crippen LogP contribution in [0.25, 0.3) is 0 Å². The largest absolute Gasteiger partial charge is 0.463 e. The Labute approximate surface area is 138 Å². The van der Waals surface area contributed by atoms with Gasteiger partial charge in [0.1, 0.15) is 22.8 Å². The molecule has 2 aromatic rings. The molecule has 130 valence electrons. The first kappa shape index (κ1) is 17.9. The van der Waals surface area contributed by atoms with Crippen LogP contribution >= 0.6 is 0 Å². The smallest absolute Gasteiger partial charge is 0.293 e. The van der Waals surface area contributed by atoms with Crippen LogP contribution in [0.5, 0.6) is 0 Å². The number of nitro benzene ring substituents is 1. The Bertz CT molecular complexity index is 872. The molecule has 0 spiro atoms. The number of hydrogen-bond donors (Lipinski definition) is 3. The van der Waals surface area contributed by atoms with Crippen LogP contribution in [-0.2, 0) is 15.6 Å². The summed E-state index contributed by atoms with van der Waals surface area (Å²) in [7, 11) is -4.06. The van der Waals surface area contributed by atoms with Crippen LogP contribution < -0.4 is 10.5 Å². The molecule has 4 N–H and O–H groups in total. The van der Waals surface area contributed by atoms with Crippen molar-refractivity contribution in [1.82, 2.24) is 0 Å². The van der Waals surface area contributed by atoms with Gasteiger partial charge in [0.05, 0.1) is 16.4 Å². The number of benzene rings is 1. The predicted octanol–water partition coefficient (Wildman–Crippen LogP) is 1.46. The van der Waals surface area contributed by atoms with Gasteiger partial charge in [-0.05, 0) is 38.1 Å². The van der Waals surface area contributed by atoms with Crippen LogP contribution in [0.4, 0.5) is 11.4 Å². The average Bonchev–Trinajstić information content (AvgIpc) is 2.91. The van der Waals surface area contributed by atoms with E-state index in [9.17, 15) is 23.6 Å². The molecule has 0 aliphatic carbocycles. The van der Waals surface area contributed by atoms with Gasteiger partial charge in [0, 0.05) is 6.07 Å². The summed E-state index contributed by atoms with van der Waals surface area (Å²) in [6, 6.07) is 6.53. The molecule has 1 aromatic heterocycles. The normalized spacial score (nSPS) is 14.2. The van der Waals surface area contributed by atoms with Crippen molar-refractivity contribution in [2.75, 3.05) is 11.9 Å². The third kappa shape index (κ3) is 3.91. The highest BCUT2D eigenvalue weighted by molar-refractivity contribution is 7.89. The number of nitrogens with one attached hydrogen (secondary N) is 1. The van der Waals surface area contributed by atoms with Crippen molar-refractivity contribution < 1.29 is 22.9 Å². The Hall–Kier alpha value is -2.43. The number of nitrogens with zero attached hydrogens (tertiary/aromatic N) is 1. The molecular weight excluding hydrogens is 338 g/mol. The van der Waals surface area contributed by atoms with Crippen LogP contribution in [0.15, 0.2) is 39.6 Å². The van der Waals surface area contributed by atoms with E-state index in [0.717, 1.165) is 12.1 Å². The summed E-state index contributed by atoms with van der Waals surface area (Å²) in [5.74, 6) is 0.921. The minimum Gasteiger partial charge on any atom is -0.463 e. The van der Waals surface area contributed by atoms with Gasteiger partial charge in [0.2, 0.25) is 10.0 Å². The standard InChI is InChI=1S/C14H17N3O6S/c1-9-3-6-13(23-9)14(2,18)8-16-11-5-4-10(24(15,21)22)7-12(11)17(19)20/h3-7,16,18H,8H2,1-2H3,(H2,15,21,22). The molecule has 0 radical (unpaired) electrons. The van der Waals surface area contributed by atoms with Crippen LogP contribution in [-0.4, -0.2) is 25.0 Å². The number of rotatable bonds is 6. The van der Waals surface area contributed by atoms with Crippen LogP contribution in [0, 0.1) is 17.0 Å². The molecule has 2 rings (SSSR count). The molecule has 1 atom stereocenters. The Morgan fingerprint density at radius 1 is 1.38 bits per heavy atom. The van der Waals surface area contributed by atoms with E-state index >= 15 is 0 Å². The highest BCUT2D eigenvalue weighted by Crippen LogP contribution is 2.29. The number of nitro groups is 1. The lowest BCUT2D eigenvalue weighted by Gasteiger charge is -2.22. The summed E-state index contributed by atoms with van der Waals surface area (Å²) in [4.78, 5) is 10.0. The van der Waals surface area contributed by atoms with E-state index in [1.54, 1.807) is 19.1 Å². The number of sulfonamides is 1. The zero-order valence-corrected chi connectivity index (χ0v) is 13.8. The summed E-state index contributed by atoms with van der Waals surface area (Å²) in [5.41, 5.74) is -1.83. The van der Waals surface area contributed by atoms with Crippen molar-refractivity contribution in [2.24, 2.45) is 5.14 Å². The summed E-state index contributed by atoms with van der Waals surface area (Å²) >= 11 is 0. The maximum absolute atomic E-state index is 11.3. The summed E-state index contributed by atoms with van der Waals surface area (Å²) in [6.45, 7) is 3.13. The summed E-state index contributed by atoms with van der Waals surface area (Å²) < 4.78 is 28.0. The Balaban J connectivity index is 2.28. The van der Waals surface area contributed by atoms with Gasteiger partial charge in [-0.2, -0.15) is 0 Å². The molecule has 0 saturated heterocycles. The summed E-state index contributed by atoms with van der Waals surface area (Å²) in [6.07, 6.45) is 0. The molecule has 24 heavy (non-hydrogen) atoms. The molecule has 1 aromatic carbocycles. The van der Waals surface area contributed by atoms with Gasteiger partial charge in [-0.25, -0.2) is 13.6 Å². The number of nitrogens with two attached hydrogens (primary N) is 1. The Kier molecular flexibility index (Phi) is 4.65. The fraction of sp³-hybridized carbons (Fsp3) is 0.286. The minimum atomic E-state index is -4.06. The maximum atomic E-state index is 11.3. The van der Waals surface area contributed by atoms with Gasteiger partial charge in [-0.1, -0.05) is 0 Å². The first-order valence-corrected chi connectivity index (χ1v) is 8.40. The molecule has 1 heterocycles. The molecule has 9 nitrogen and oxygen atoms in total. The maximum Gasteiger partial charge on any atom is 0.293 e. The molecule has 0 aliphatic heterocycles. The first-order valence-electron chi connectivity index (χ1n) is 6.85. The van der Waals surface area contributed by atoms with Crippen molar-refractivity contribution in [3.05, 3.63) is 52.0 Å². The predicted molar refractivity (Wildman–Crippen MR) is 86.0 cm³/mol. The second kappa shape index (κ2) is 6.23. The van der Waals surface area contributed by atoms with Crippen molar-refractivity contribution >= 4 is 21.4 Å². The van der Waals surface area contributed by atoms with E-state index in [0.29, 0.717) is 11.5 Å². The van der Waals surface area contributed by atoms with Crippen LogP contribution in [0.3, 0.4) is 0 Å². The molecule has 1 unspecified atom stereocenters. The second-order valence-corrected chi connectivity index (χ2v) is 7.08. The van der Waals surface area contributed by atoms with Gasteiger partial charge in [-0.3, -0.25) is 10.1 Å². The van der Waals surface area contributed by atoms with E-state index in [1.165, 1.54) is 13.0 Å². The van der Waals surface area contributed by atoms with E-state index in [1.807, 2.05) is 0 Å². The molecule has 0 saturated carbocycles. The number of aliphatic hydroxyl groups is 1. The molecule has 0 amide bonds. The zero-order valence-electron chi connectivity index (χ0n) is 13.0. The van der Waals surface area contributed by atoms with Crippen molar-refractivity contribution in [3.63, 3.8) is 0 Å². The topological polar surface area (TPSA) is 149 Å². The Morgan fingerprint density at radius 2 is 2.04 bits per heavy atom. The average molecular weight is 355 g/mol. The van der Waals surface area contributed by atoms with Gasteiger partial charge >= 0.3 is 0 Å². The molecule has 0 aliphatic rings. The fourth-order valence-electron chi connectivity index (χ4n) is 2.07. The molecule has 10 heteroatoms. The fourth-order valence-corrected chi connectivity index (χ4v) is 2.60. The van der Waals surface area contributed by atoms with Crippen LogP contribution in [0.1, 0.15) is 18.4 Å². The molecular formula is C14H17N3O6S. The van der Waals surface area contributed by atoms with Crippen molar-refractivity contribution in [2.45, 2.75) is 24.3 Å². The Morgan fingerprint density at radius 3 is 2.54 bits per heavy atom. The number of anilines is 1. The molecule has 0 bridgehead atoms. The van der Waals surface area contributed by atoms with Gasteiger partial charge in [0.15, 0.2) is 0 Å². The van der Waals surface area contributed by atoms with Gasteiger partial charge in [0.25, 0.3) is 5.69 Å². The van der Waals surface area contributed by atoms with Crippen LogP contribution in [0.2, 0.25) is 0 Å². The third-order valence-corrected chi connectivity index (χ3v) is 4.30. The van der Waals surface area contributed by atoms with E-state index in [4.69, 9.17) is 9.56 Å². The van der Waals surface area contributed by atoms with Crippen molar-refractivity contribution in [3.8, 4) is 0 Å². The zero-order chi connectivity index (χ0) is 18.1. The van der Waals surface area contributed by atoms with E-state index < -0.39 is 26.2 Å². The highest BCUT2D eigenvalue weighted by Gasteiger charge is 2.28. The second-order valence-electron chi connectivity index (χ2n) is 5.52. The van der Waals surface area contributed by atoms with Gasteiger partial charge in [-0.15, -0.1) is 0 Å². The first-order chi connectivity index (χ1) is 11.0. The lowest BCUT2D eigenvalue weighted by molar-refractivity contribution is -0.384. The minimum absolute atomic E-state index is 0.0518. The van der Waals surface area contributed by atoms with E-state index in [-0.39, 0.29) is 17.1 Å². The summed E-state index contributed by atoms with van der Waals surface area (Å²) in [5, 5.41) is 29.3. The van der Waals surface area contributed by atoms with Gasteiger partial charge < -0.3 is 14.8 Å². The lowest BCUT2D eigenvalue weighted by atomic mass is 10.0. The quantitative estimate of drug-likeness (QED) is 0.524. The number of aryl methyl sites for hydroxylation is 1. The number of primary sulfonamides is 1. The lowest BCUT2D eigenvalue weighted by Crippen LogP contribution is -2.30. The van der Waals surface area contributed by atoms with E-state index in [2.05, 4.69) is 5.32 Å². The van der Waals surface area contributed by atoms with Crippen molar-refractivity contribution in [1.29, 1.82) is 0 Å². The third-order valence-electron chi connectivity index (χ3n) is 3.39. The molecule has 0 fully saturated rings. The monoisotopic (exact) mass is 355 g/mol.